The van der Waals surface area contributed by atoms with Gasteiger partial charge in [-0.25, -0.2) is 4.98 Å². The molecule has 0 bridgehead atoms. The summed E-state index contributed by atoms with van der Waals surface area (Å²) in [5, 5.41) is 21.7. The van der Waals surface area contributed by atoms with E-state index < -0.39 is 0 Å². The molecule has 5 nitrogen and oxygen atoms in total. The lowest BCUT2D eigenvalue weighted by Gasteiger charge is -2.06. The molecular formula is C16H11Cl3N4O. The van der Waals surface area contributed by atoms with Crippen molar-refractivity contribution in [1.82, 2.24) is 15.2 Å². The molecule has 0 amide bonds. The molecule has 0 radical (unpaired) electrons. The van der Waals surface area contributed by atoms with E-state index in [2.05, 4.69) is 20.5 Å². The van der Waals surface area contributed by atoms with Crippen LogP contribution in [-0.4, -0.2) is 20.3 Å². The second-order valence-corrected chi connectivity index (χ2v) is 6.19. The Bertz CT molecular complexity index is 831. The van der Waals surface area contributed by atoms with Crippen LogP contribution in [0.25, 0.3) is 11.3 Å². The van der Waals surface area contributed by atoms with E-state index in [0.29, 0.717) is 28.8 Å². The van der Waals surface area contributed by atoms with Gasteiger partial charge < -0.3 is 10.4 Å². The Morgan fingerprint density at radius 1 is 0.958 bits per heavy atom. The Morgan fingerprint density at radius 3 is 2.21 bits per heavy atom. The minimum Gasteiger partial charge on any atom is -0.505 e. The Morgan fingerprint density at radius 2 is 1.62 bits per heavy atom. The van der Waals surface area contributed by atoms with Crippen molar-refractivity contribution in [3.8, 4) is 17.0 Å². The summed E-state index contributed by atoms with van der Waals surface area (Å²) in [6.45, 7) is 0.551. The van der Waals surface area contributed by atoms with Crippen LogP contribution in [0.2, 0.25) is 15.1 Å². The van der Waals surface area contributed by atoms with Crippen LogP contribution < -0.4 is 5.32 Å². The van der Waals surface area contributed by atoms with Crippen LogP contribution >= 0.6 is 34.8 Å². The predicted molar refractivity (Wildman–Crippen MR) is 95.7 cm³/mol. The molecule has 2 aromatic carbocycles. The van der Waals surface area contributed by atoms with Crippen LogP contribution in [0.15, 0.2) is 42.6 Å². The smallest absolute Gasteiger partial charge is 0.242 e. The van der Waals surface area contributed by atoms with E-state index >= 15 is 0 Å². The van der Waals surface area contributed by atoms with Crippen molar-refractivity contribution in [2.45, 2.75) is 6.54 Å². The van der Waals surface area contributed by atoms with Crippen LogP contribution in [0.3, 0.4) is 0 Å². The fourth-order valence-electron chi connectivity index (χ4n) is 1.99. The molecule has 3 rings (SSSR count). The average Bonchev–Trinajstić information content (AvgIpc) is 2.59. The maximum Gasteiger partial charge on any atom is 0.242 e. The summed E-state index contributed by atoms with van der Waals surface area (Å²) in [5.41, 5.74) is 2.16. The highest BCUT2D eigenvalue weighted by atomic mass is 35.5. The number of halogens is 3. The summed E-state index contributed by atoms with van der Waals surface area (Å²) in [6.07, 6.45) is 1.55. The van der Waals surface area contributed by atoms with E-state index in [4.69, 9.17) is 34.8 Å². The van der Waals surface area contributed by atoms with Crippen molar-refractivity contribution in [3.05, 3.63) is 63.2 Å². The van der Waals surface area contributed by atoms with Gasteiger partial charge in [0.2, 0.25) is 5.95 Å². The molecule has 3 aromatic rings. The van der Waals surface area contributed by atoms with Gasteiger partial charge >= 0.3 is 0 Å². The molecule has 2 N–H and O–H groups in total. The maximum absolute atomic E-state index is 9.58. The fourth-order valence-corrected chi connectivity index (χ4v) is 2.60. The zero-order valence-corrected chi connectivity index (χ0v) is 14.4. The molecule has 24 heavy (non-hydrogen) atoms. The molecule has 0 spiro atoms. The molecule has 0 aliphatic carbocycles. The van der Waals surface area contributed by atoms with E-state index in [1.54, 1.807) is 18.3 Å². The maximum atomic E-state index is 9.58. The summed E-state index contributed by atoms with van der Waals surface area (Å²) in [5.74, 6) is 0.230. The molecule has 0 fully saturated rings. The number of rotatable bonds is 4. The van der Waals surface area contributed by atoms with E-state index in [9.17, 15) is 5.11 Å². The van der Waals surface area contributed by atoms with Gasteiger partial charge in [-0.2, -0.15) is 0 Å². The number of phenolic OH excluding ortho intramolecular Hbond substituents is 1. The lowest BCUT2D eigenvalue weighted by Crippen LogP contribution is -2.04. The van der Waals surface area contributed by atoms with Crippen molar-refractivity contribution >= 4 is 40.8 Å². The molecule has 0 aliphatic rings. The molecule has 0 saturated heterocycles. The number of hydrogen-bond donors (Lipinski definition) is 2. The Kier molecular flexibility index (Phi) is 5.04. The van der Waals surface area contributed by atoms with Crippen molar-refractivity contribution in [2.75, 3.05) is 5.32 Å². The zero-order valence-electron chi connectivity index (χ0n) is 12.2. The SMILES string of the molecule is Oc1c(Cl)cc(-c2cnc(NCc3ccc(Cl)cc3)nn2)cc1Cl. The molecule has 0 aliphatic heterocycles. The van der Waals surface area contributed by atoms with Gasteiger partial charge in [0.05, 0.1) is 16.2 Å². The second kappa shape index (κ2) is 7.21. The number of anilines is 1. The first-order valence-electron chi connectivity index (χ1n) is 6.89. The molecule has 0 unspecified atom stereocenters. The highest BCUT2D eigenvalue weighted by molar-refractivity contribution is 6.37. The molecule has 0 saturated carbocycles. The molecule has 1 heterocycles. The molecule has 122 valence electrons. The van der Waals surface area contributed by atoms with Crippen molar-refractivity contribution in [1.29, 1.82) is 0 Å². The number of phenols is 1. The Hall–Kier alpha value is -2.08. The Balaban J connectivity index is 1.72. The van der Waals surface area contributed by atoms with Crippen LogP contribution in [-0.2, 0) is 6.54 Å². The van der Waals surface area contributed by atoms with Gasteiger partial charge in [-0.1, -0.05) is 46.9 Å². The first kappa shape index (κ1) is 16.8. The minimum absolute atomic E-state index is 0.143. The third-order valence-corrected chi connectivity index (χ3v) is 4.07. The second-order valence-electron chi connectivity index (χ2n) is 4.94. The fraction of sp³-hybridized carbons (Fsp3) is 0.0625. The van der Waals surface area contributed by atoms with Gasteiger partial charge in [0.25, 0.3) is 0 Å². The third kappa shape index (κ3) is 3.87. The van der Waals surface area contributed by atoms with Crippen LogP contribution in [0.5, 0.6) is 5.75 Å². The minimum atomic E-state index is -0.163. The standard InChI is InChI=1S/C16H11Cl3N4O/c17-11-3-1-9(2-4-11)7-20-16-21-8-14(22-23-16)10-5-12(18)15(24)13(19)6-10/h1-6,8,24H,7H2,(H,20,21,23). The number of hydrogen-bond acceptors (Lipinski definition) is 5. The van der Waals surface area contributed by atoms with E-state index in [0.717, 1.165) is 5.56 Å². The molecule has 1 aromatic heterocycles. The van der Waals surface area contributed by atoms with E-state index in [-0.39, 0.29) is 15.8 Å². The highest BCUT2D eigenvalue weighted by Gasteiger charge is 2.10. The molecule has 0 atom stereocenters. The normalized spacial score (nSPS) is 10.6. The summed E-state index contributed by atoms with van der Waals surface area (Å²) < 4.78 is 0. The number of nitrogens with zero attached hydrogens (tertiary/aromatic N) is 3. The monoisotopic (exact) mass is 380 g/mol. The van der Waals surface area contributed by atoms with Crippen LogP contribution in [0.4, 0.5) is 5.95 Å². The molecule has 8 heteroatoms. The lowest BCUT2D eigenvalue weighted by molar-refractivity contribution is 0.476. The number of benzene rings is 2. The quantitative estimate of drug-likeness (QED) is 0.678. The predicted octanol–water partition coefficient (Wildman–Crippen LogP) is 4.82. The van der Waals surface area contributed by atoms with Crippen molar-refractivity contribution in [3.63, 3.8) is 0 Å². The lowest BCUT2D eigenvalue weighted by atomic mass is 10.1. The van der Waals surface area contributed by atoms with Gasteiger partial charge in [-0.15, -0.1) is 10.2 Å². The Labute approximate surface area is 153 Å². The van der Waals surface area contributed by atoms with Crippen LogP contribution in [0, 0.1) is 0 Å². The molecular weight excluding hydrogens is 371 g/mol. The van der Waals surface area contributed by atoms with E-state index in [1.165, 1.54) is 0 Å². The van der Waals surface area contributed by atoms with Gasteiger partial charge in [-0.05, 0) is 29.8 Å². The van der Waals surface area contributed by atoms with Crippen molar-refractivity contribution in [2.24, 2.45) is 0 Å². The third-order valence-electron chi connectivity index (χ3n) is 3.24. The largest absolute Gasteiger partial charge is 0.505 e. The summed E-state index contributed by atoms with van der Waals surface area (Å²) in [6, 6.07) is 10.6. The topological polar surface area (TPSA) is 70.9 Å². The first-order chi connectivity index (χ1) is 11.5. The van der Waals surface area contributed by atoms with Crippen molar-refractivity contribution < 1.29 is 5.11 Å². The summed E-state index contributed by atoms with van der Waals surface area (Å²) in [4.78, 5) is 4.21. The number of aromatic hydroxyl groups is 1. The van der Waals surface area contributed by atoms with Gasteiger partial charge in [0.1, 0.15) is 5.69 Å². The summed E-state index contributed by atoms with van der Waals surface area (Å²) >= 11 is 17.7. The van der Waals surface area contributed by atoms with Crippen LogP contribution in [0.1, 0.15) is 5.56 Å². The number of aromatic nitrogens is 3. The first-order valence-corrected chi connectivity index (χ1v) is 8.03. The van der Waals surface area contributed by atoms with E-state index in [1.807, 2.05) is 24.3 Å². The highest BCUT2D eigenvalue weighted by Crippen LogP contribution is 2.35. The summed E-state index contributed by atoms with van der Waals surface area (Å²) in [7, 11) is 0. The van der Waals surface area contributed by atoms with Gasteiger partial charge in [-0.3, -0.25) is 0 Å². The number of nitrogens with one attached hydrogen (secondary N) is 1. The van der Waals surface area contributed by atoms with Gasteiger partial charge in [0, 0.05) is 17.1 Å². The zero-order chi connectivity index (χ0) is 17.1. The van der Waals surface area contributed by atoms with Gasteiger partial charge in [0.15, 0.2) is 5.75 Å². The average molecular weight is 382 g/mol.